The summed E-state index contributed by atoms with van der Waals surface area (Å²) >= 11 is 0. The second-order valence-electron chi connectivity index (χ2n) is 10.9. The van der Waals surface area contributed by atoms with Crippen LogP contribution in [-0.2, 0) is 16.1 Å². The lowest BCUT2D eigenvalue weighted by molar-refractivity contribution is -0.121. The molecule has 1 amide bonds. The normalized spacial score (nSPS) is 17.9. The predicted octanol–water partition coefficient (Wildman–Crippen LogP) is 5.64. The molecular formula is C32H35N3O4. The van der Waals surface area contributed by atoms with Crippen LogP contribution in [0.25, 0.3) is 0 Å². The summed E-state index contributed by atoms with van der Waals surface area (Å²) in [5, 5.41) is 6.65. The van der Waals surface area contributed by atoms with Gasteiger partial charge in [-0.2, -0.15) is 0 Å². The Bertz CT molecular complexity index is 1430. The summed E-state index contributed by atoms with van der Waals surface area (Å²) < 4.78 is 11.1. The molecule has 0 aromatic heterocycles. The largest absolute Gasteiger partial charge is 0.497 e. The van der Waals surface area contributed by atoms with Crippen molar-refractivity contribution in [2.75, 3.05) is 31.0 Å². The van der Waals surface area contributed by atoms with Gasteiger partial charge in [0.15, 0.2) is 5.78 Å². The maximum Gasteiger partial charge on any atom is 0.239 e. The van der Waals surface area contributed by atoms with Gasteiger partial charge in [0.1, 0.15) is 11.5 Å². The molecule has 2 N–H and O–H groups in total. The molecule has 2 aliphatic rings. The number of fused-ring (bicyclic) bond motifs is 1. The van der Waals surface area contributed by atoms with Gasteiger partial charge >= 0.3 is 0 Å². The van der Waals surface area contributed by atoms with Gasteiger partial charge in [0.25, 0.3) is 0 Å². The zero-order valence-electron chi connectivity index (χ0n) is 22.9. The number of hydrogen-bond acceptors (Lipinski definition) is 6. The Morgan fingerprint density at radius 3 is 2.56 bits per heavy atom. The first kappa shape index (κ1) is 26.4. The molecule has 7 heteroatoms. The van der Waals surface area contributed by atoms with Crippen molar-refractivity contribution in [1.82, 2.24) is 5.32 Å². The second kappa shape index (κ2) is 10.8. The monoisotopic (exact) mass is 525 g/mol. The number of methoxy groups -OCH3 is 2. The smallest absolute Gasteiger partial charge is 0.239 e. The van der Waals surface area contributed by atoms with Crippen LogP contribution in [0, 0.1) is 5.41 Å². The molecule has 1 heterocycles. The number of Topliss-reactive ketones (excluding diaryl/α,β-unsaturated/α-hetero) is 1. The zero-order valence-corrected chi connectivity index (χ0v) is 22.9. The molecule has 3 aromatic rings. The fourth-order valence-corrected chi connectivity index (χ4v) is 5.64. The highest BCUT2D eigenvalue weighted by Gasteiger charge is 2.42. The minimum absolute atomic E-state index is 0.0544. The highest BCUT2D eigenvalue weighted by molar-refractivity contribution is 6.02. The molecule has 1 aliphatic heterocycles. The molecule has 0 fully saturated rings. The minimum Gasteiger partial charge on any atom is -0.497 e. The summed E-state index contributed by atoms with van der Waals surface area (Å²) in [6.07, 6.45) is 1.16. The molecule has 0 saturated carbocycles. The highest BCUT2D eigenvalue weighted by atomic mass is 16.5. The van der Waals surface area contributed by atoms with Crippen LogP contribution in [0.15, 0.2) is 84.1 Å². The number of ketones is 1. The maximum atomic E-state index is 13.9. The molecule has 1 aliphatic carbocycles. The van der Waals surface area contributed by atoms with E-state index >= 15 is 0 Å². The van der Waals surface area contributed by atoms with Gasteiger partial charge in [0, 0.05) is 29.8 Å². The summed E-state index contributed by atoms with van der Waals surface area (Å²) in [5.74, 6) is 1.34. The second-order valence-corrected chi connectivity index (χ2v) is 10.9. The summed E-state index contributed by atoms with van der Waals surface area (Å²) in [5.41, 5.74) is 4.93. The van der Waals surface area contributed by atoms with E-state index in [1.807, 2.05) is 77.7 Å². The van der Waals surface area contributed by atoms with E-state index in [-0.39, 0.29) is 23.7 Å². The Labute approximate surface area is 229 Å². The third-order valence-corrected chi connectivity index (χ3v) is 7.38. The number of benzene rings is 3. The Morgan fingerprint density at radius 2 is 1.77 bits per heavy atom. The molecule has 0 bridgehead atoms. The number of anilines is 2. The average molecular weight is 526 g/mol. The van der Waals surface area contributed by atoms with E-state index in [0.29, 0.717) is 24.3 Å². The van der Waals surface area contributed by atoms with Crippen LogP contribution in [0.3, 0.4) is 0 Å². The van der Waals surface area contributed by atoms with Gasteiger partial charge in [0.2, 0.25) is 5.91 Å². The van der Waals surface area contributed by atoms with Gasteiger partial charge in [-0.3, -0.25) is 9.59 Å². The number of rotatable bonds is 7. The number of hydrogen-bond donors (Lipinski definition) is 2. The van der Waals surface area contributed by atoms with Gasteiger partial charge in [-0.1, -0.05) is 56.3 Å². The quantitative estimate of drug-likeness (QED) is 0.416. The number of ether oxygens (including phenoxy) is 2. The first-order valence-corrected chi connectivity index (χ1v) is 13.2. The summed E-state index contributed by atoms with van der Waals surface area (Å²) in [7, 11) is 3.26. The summed E-state index contributed by atoms with van der Waals surface area (Å²) in [4.78, 5) is 29.4. The lowest BCUT2D eigenvalue weighted by atomic mass is 9.73. The van der Waals surface area contributed by atoms with Crippen LogP contribution in [0.1, 0.15) is 43.9 Å². The molecule has 1 atom stereocenters. The molecule has 202 valence electrons. The fraction of sp³-hybridized carbons (Fsp3) is 0.312. The van der Waals surface area contributed by atoms with E-state index in [1.54, 1.807) is 14.2 Å². The van der Waals surface area contributed by atoms with Crippen LogP contribution in [0.2, 0.25) is 0 Å². The van der Waals surface area contributed by atoms with Crippen molar-refractivity contribution in [3.8, 4) is 11.5 Å². The van der Waals surface area contributed by atoms with Crippen LogP contribution >= 0.6 is 0 Å². The van der Waals surface area contributed by atoms with E-state index in [2.05, 4.69) is 24.5 Å². The highest BCUT2D eigenvalue weighted by Crippen LogP contribution is 2.49. The first-order valence-electron chi connectivity index (χ1n) is 13.2. The Kier molecular flexibility index (Phi) is 7.33. The molecule has 7 nitrogen and oxygen atoms in total. The van der Waals surface area contributed by atoms with Crippen molar-refractivity contribution in [3.05, 3.63) is 95.2 Å². The van der Waals surface area contributed by atoms with Crippen LogP contribution in [-0.4, -0.2) is 32.5 Å². The molecule has 39 heavy (non-hydrogen) atoms. The molecule has 0 spiro atoms. The van der Waals surface area contributed by atoms with E-state index in [9.17, 15) is 9.59 Å². The average Bonchev–Trinajstić information content (AvgIpc) is 3.05. The predicted molar refractivity (Wildman–Crippen MR) is 153 cm³/mol. The van der Waals surface area contributed by atoms with Gasteiger partial charge in [-0.15, -0.1) is 0 Å². The summed E-state index contributed by atoms with van der Waals surface area (Å²) in [6, 6.07) is 22.8. The molecule has 5 rings (SSSR count). The number of allylic oxidation sites excluding steroid dienone is 1. The number of nitrogens with zero attached hydrogens (tertiary/aromatic N) is 1. The molecular weight excluding hydrogens is 490 g/mol. The number of carbonyl (C=O) groups is 2. The minimum atomic E-state index is -0.501. The van der Waals surface area contributed by atoms with Crippen molar-refractivity contribution in [2.45, 2.75) is 39.3 Å². The van der Waals surface area contributed by atoms with Crippen molar-refractivity contribution < 1.29 is 19.1 Å². The van der Waals surface area contributed by atoms with Gasteiger partial charge in [-0.25, -0.2) is 0 Å². The number of carbonyl (C=O) groups excluding carboxylic acids is 2. The first-order chi connectivity index (χ1) is 18.8. The third-order valence-electron chi connectivity index (χ3n) is 7.38. The SMILES string of the molecule is COc1cccc(CNC(=O)CN2c3ccccc3NC3=C(C(=O)CC(C)(C)C3)C2c2ccccc2OC)c1. The van der Waals surface area contributed by atoms with Crippen molar-refractivity contribution in [2.24, 2.45) is 5.41 Å². The topological polar surface area (TPSA) is 79.9 Å². The Hall–Kier alpha value is -4.26. The Morgan fingerprint density at radius 1 is 1.00 bits per heavy atom. The molecule has 3 aromatic carbocycles. The lowest BCUT2D eigenvalue weighted by Crippen LogP contribution is -2.42. The molecule has 0 radical (unpaired) electrons. The summed E-state index contributed by atoms with van der Waals surface area (Å²) in [6.45, 7) is 4.66. The molecule has 1 unspecified atom stereocenters. The van der Waals surface area contributed by atoms with Crippen molar-refractivity contribution in [1.29, 1.82) is 0 Å². The number of para-hydroxylation sites is 3. The lowest BCUT2D eigenvalue weighted by Gasteiger charge is -2.38. The number of amides is 1. The van der Waals surface area contributed by atoms with Crippen molar-refractivity contribution in [3.63, 3.8) is 0 Å². The van der Waals surface area contributed by atoms with Crippen molar-refractivity contribution >= 4 is 23.1 Å². The van der Waals surface area contributed by atoms with Gasteiger partial charge < -0.3 is 25.0 Å². The third kappa shape index (κ3) is 5.48. The van der Waals surface area contributed by atoms with E-state index in [1.165, 1.54) is 0 Å². The Balaban J connectivity index is 1.57. The van der Waals surface area contributed by atoms with Gasteiger partial charge in [-0.05, 0) is 47.7 Å². The van der Waals surface area contributed by atoms with Crippen LogP contribution in [0.4, 0.5) is 11.4 Å². The van der Waals surface area contributed by atoms with Crippen LogP contribution < -0.4 is 25.0 Å². The standard InChI is InChI=1S/C32H35N3O4/c1-32(2)17-25-30(27(36)18-32)31(23-12-5-8-15-28(23)39-4)35(26-14-7-6-13-24(26)34-25)20-29(37)33-19-21-10-9-11-22(16-21)38-3/h5-16,31,34H,17-20H2,1-4H3,(H,33,37). The van der Waals surface area contributed by atoms with E-state index in [4.69, 9.17) is 9.47 Å². The van der Waals surface area contributed by atoms with E-state index in [0.717, 1.165) is 40.4 Å². The zero-order chi connectivity index (χ0) is 27.6. The maximum absolute atomic E-state index is 13.9. The van der Waals surface area contributed by atoms with Crippen LogP contribution in [0.5, 0.6) is 11.5 Å². The fourth-order valence-electron chi connectivity index (χ4n) is 5.64. The number of nitrogens with one attached hydrogen (secondary N) is 2. The molecule has 0 saturated heterocycles. The van der Waals surface area contributed by atoms with Gasteiger partial charge in [0.05, 0.1) is 38.2 Å². The van der Waals surface area contributed by atoms with E-state index < -0.39 is 6.04 Å².